The molecule has 0 aliphatic carbocycles. The van der Waals surface area contributed by atoms with Crippen molar-refractivity contribution in [2.45, 2.75) is 26.7 Å². The number of benzene rings is 2. The summed E-state index contributed by atoms with van der Waals surface area (Å²) in [5.41, 5.74) is 2.05. The van der Waals surface area contributed by atoms with Crippen LogP contribution < -0.4 is 10.6 Å². The van der Waals surface area contributed by atoms with Crippen LogP contribution in [0.1, 0.15) is 37.0 Å². The van der Waals surface area contributed by atoms with Gasteiger partial charge in [0.2, 0.25) is 5.91 Å². The third-order valence-electron chi connectivity index (χ3n) is 4.45. The number of nitro groups is 1. The van der Waals surface area contributed by atoms with E-state index in [1.165, 1.54) is 12.1 Å². The number of hydrogen-bond acceptors (Lipinski definition) is 5. The molecule has 0 radical (unpaired) electrons. The number of hydrogen-bond donors (Lipinski definition) is 2. The van der Waals surface area contributed by atoms with Gasteiger partial charge in [0.1, 0.15) is 0 Å². The zero-order valence-electron chi connectivity index (χ0n) is 16.7. The Morgan fingerprint density at radius 3 is 2.10 bits per heavy atom. The number of nitrogens with zero attached hydrogens (tertiary/aromatic N) is 2. The first-order chi connectivity index (χ1) is 13.9. The number of carbonyl (C=O) groups is 2. The summed E-state index contributed by atoms with van der Waals surface area (Å²) in [5.74, 6) is -0.136. The highest BCUT2D eigenvalue weighted by atomic mass is 16.6. The van der Waals surface area contributed by atoms with Crippen molar-refractivity contribution in [3.05, 3.63) is 64.2 Å². The first-order valence-electron chi connectivity index (χ1n) is 9.62. The van der Waals surface area contributed by atoms with Crippen LogP contribution >= 0.6 is 0 Å². The molecule has 154 valence electrons. The van der Waals surface area contributed by atoms with Crippen LogP contribution in [0.4, 0.5) is 17.1 Å². The molecule has 0 unspecified atom stereocenters. The van der Waals surface area contributed by atoms with Gasteiger partial charge in [0.25, 0.3) is 11.6 Å². The van der Waals surface area contributed by atoms with Gasteiger partial charge < -0.3 is 15.5 Å². The van der Waals surface area contributed by atoms with E-state index < -0.39 is 4.92 Å². The standard InChI is InChI=1S/C21H26N4O4/c1-3-24(4-2)21(27)16-7-9-18(10-8-16)23-20(26)6-5-15-22-17-11-13-19(14-12-17)25(28)29/h7-14,22H,3-6,15H2,1-2H3,(H,23,26). The molecule has 0 aromatic heterocycles. The van der Waals surface area contributed by atoms with Crippen molar-refractivity contribution in [1.82, 2.24) is 4.90 Å². The minimum atomic E-state index is -0.444. The van der Waals surface area contributed by atoms with Crippen molar-refractivity contribution in [3.63, 3.8) is 0 Å². The lowest BCUT2D eigenvalue weighted by Crippen LogP contribution is -2.30. The zero-order chi connectivity index (χ0) is 21.2. The summed E-state index contributed by atoms with van der Waals surface area (Å²) in [6.07, 6.45) is 0.946. The van der Waals surface area contributed by atoms with Gasteiger partial charge >= 0.3 is 0 Å². The van der Waals surface area contributed by atoms with E-state index in [-0.39, 0.29) is 17.5 Å². The molecule has 0 saturated carbocycles. The molecule has 0 spiro atoms. The van der Waals surface area contributed by atoms with E-state index in [4.69, 9.17) is 0 Å². The van der Waals surface area contributed by atoms with Crippen molar-refractivity contribution >= 4 is 28.9 Å². The normalized spacial score (nSPS) is 10.3. The largest absolute Gasteiger partial charge is 0.385 e. The maximum Gasteiger partial charge on any atom is 0.269 e. The third-order valence-corrected chi connectivity index (χ3v) is 4.45. The van der Waals surface area contributed by atoms with Gasteiger partial charge in [-0.3, -0.25) is 19.7 Å². The number of carbonyl (C=O) groups excluding carboxylic acids is 2. The molecule has 0 atom stereocenters. The molecule has 0 heterocycles. The minimum Gasteiger partial charge on any atom is -0.385 e. The predicted molar refractivity (Wildman–Crippen MR) is 113 cm³/mol. The Labute approximate surface area is 170 Å². The van der Waals surface area contributed by atoms with E-state index in [0.717, 1.165) is 5.69 Å². The lowest BCUT2D eigenvalue weighted by Gasteiger charge is -2.18. The number of nitro benzene ring substituents is 1. The first kappa shape index (κ1) is 21.9. The molecular weight excluding hydrogens is 372 g/mol. The van der Waals surface area contributed by atoms with Crippen LogP contribution in [0.25, 0.3) is 0 Å². The molecule has 8 heteroatoms. The molecular formula is C21H26N4O4. The summed E-state index contributed by atoms with van der Waals surface area (Å²) in [7, 11) is 0. The number of rotatable bonds is 10. The van der Waals surface area contributed by atoms with Crippen LogP contribution in [0.5, 0.6) is 0 Å². The Balaban J connectivity index is 1.75. The van der Waals surface area contributed by atoms with E-state index in [1.807, 2.05) is 13.8 Å². The van der Waals surface area contributed by atoms with Gasteiger partial charge in [0.15, 0.2) is 0 Å². The molecule has 2 aromatic carbocycles. The van der Waals surface area contributed by atoms with Crippen LogP contribution in [-0.2, 0) is 4.79 Å². The second kappa shape index (κ2) is 10.8. The number of nitrogens with one attached hydrogen (secondary N) is 2. The zero-order valence-corrected chi connectivity index (χ0v) is 16.7. The van der Waals surface area contributed by atoms with Gasteiger partial charge in [-0.25, -0.2) is 0 Å². The summed E-state index contributed by atoms with van der Waals surface area (Å²) in [4.78, 5) is 36.3. The number of amides is 2. The average molecular weight is 398 g/mol. The monoisotopic (exact) mass is 398 g/mol. The highest BCUT2D eigenvalue weighted by Crippen LogP contribution is 2.16. The van der Waals surface area contributed by atoms with Gasteiger partial charge in [-0.2, -0.15) is 0 Å². The summed E-state index contributed by atoms with van der Waals surface area (Å²) < 4.78 is 0. The topological polar surface area (TPSA) is 105 Å². The van der Waals surface area contributed by atoms with Crippen molar-refractivity contribution in [3.8, 4) is 0 Å². The van der Waals surface area contributed by atoms with E-state index >= 15 is 0 Å². The maximum absolute atomic E-state index is 12.3. The van der Waals surface area contributed by atoms with Gasteiger partial charge in [0, 0.05) is 55.1 Å². The smallest absolute Gasteiger partial charge is 0.269 e. The molecule has 2 rings (SSSR count). The summed E-state index contributed by atoms with van der Waals surface area (Å²) in [6, 6.07) is 13.0. The third kappa shape index (κ3) is 6.60. The van der Waals surface area contributed by atoms with Gasteiger partial charge in [-0.15, -0.1) is 0 Å². The van der Waals surface area contributed by atoms with Crippen LogP contribution in [0.15, 0.2) is 48.5 Å². The number of anilines is 2. The molecule has 0 aliphatic heterocycles. The Morgan fingerprint density at radius 2 is 1.55 bits per heavy atom. The average Bonchev–Trinajstić information content (AvgIpc) is 2.73. The van der Waals surface area contributed by atoms with Crippen molar-refractivity contribution in [1.29, 1.82) is 0 Å². The molecule has 2 amide bonds. The predicted octanol–water partition coefficient (Wildman–Crippen LogP) is 3.91. The summed E-state index contributed by atoms with van der Waals surface area (Å²) >= 11 is 0. The fraction of sp³-hybridized carbons (Fsp3) is 0.333. The molecule has 2 aromatic rings. The molecule has 0 saturated heterocycles. The van der Waals surface area contributed by atoms with Gasteiger partial charge in [0.05, 0.1) is 4.92 Å². The van der Waals surface area contributed by atoms with Crippen molar-refractivity contribution < 1.29 is 14.5 Å². The van der Waals surface area contributed by atoms with Crippen LogP contribution in [0, 0.1) is 10.1 Å². The minimum absolute atomic E-state index is 0.0230. The number of non-ortho nitro benzene ring substituents is 1. The molecule has 0 aliphatic rings. The maximum atomic E-state index is 12.3. The molecule has 8 nitrogen and oxygen atoms in total. The Kier molecular flexibility index (Phi) is 8.14. The van der Waals surface area contributed by atoms with E-state index in [9.17, 15) is 19.7 Å². The van der Waals surface area contributed by atoms with Crippen LogP contribution in [0.3, 0.4) is 0 Å². The van der Waals surface area contributed by atoms with Gasteiger partial charge in [-0.1, -0.05) is 0 Å². The second-order valence-electron chi connectivity index (χ2n) is 6.44. The van der Waals surface area contributed by atoms with Gasteiger partial charge in [-0.05, 0) is 56.7 Å². The van der Waals surface area contributed by atoms with E-state index in [1.54, 1.807) is 41.3 Å². The van der Waals surface area contributed by atoms with E-state index in [2.05, 4.69) is 10.6 Å². The molecule has 0 bridgehead atoms. The quantitative estimate of drug-likeness (QED) is 0.359. The van der Waals surface area contributed by atoms with Crippen LogP contribution in [-0.4, -0.2) is 41.3 Å². The fourth-order valence-corrected chi connectivity index (χ4v) is 2.80. The van der Waals surface area contributed by atoms with Crippen molar-refractivity contribution in [2.24, 2.45) is 0 Å². The highest BCUT2D eigenvalue weighted by molar-refractivity contribution is 5.95. The molecule has 29 heavy (non-hydrogen) atoms. The Hall–Kier alpha value is -3.42. The Bertz CT molecular complexity index is 831. The lowest BCUT2D eigenvalue weighted by molar-refractivity contribution is -0.384. The van der Waals surface area contributed by atoms with Crippen molar-refractivity contribution in [2.75, 3.05) is 30.3 Å². The van der Waals surface area contributed by atoms with E-state index in [0.29, 0.717) is 43.7 Å². The molecule has 2 N–H and O–H groups in total. The summed E-state index contributed by atoms with van der Waals surface area (Å²) in [5, 5.41) is 16.6. The first-order valence-corrected chi connectivity index (χ1v) is 9.62. The lowest BCUT2D eigenvalue weighted by atomic mass is 10.1. The Morgan fingerprint density at radius 1 is 0.966 bits per heavy atom. The van der Waals surface area contributed by atoms with Crippen LogP contribution in [0.2, 0.25) is 0 Å². The molecule has 0 fully saturated rings. The fourth-order valence-electron chi connectivity index (χ4n) is 2.80. The SMILES string of the molecule is CCN(CC)C(=O)c1ccc(NC(=O)CCCNc2ccc([N+](=O)[O-])cc2)cc1. The highest BCUT2D eigenvalue weighted by Gasteiger charge is 2.12. The summed E-state index contributed by atoms with van der Waals surface area (Å²) in [6.45, 7) is 5.75. The second-order valence-corrected chi connectivity index (χ2v) is 6.44.